The van der Waals surface area contributed by atoms with Gasteiger partial charge in [-0.15, -0.1) is 0 Å². The van der Waals surface area contributed by atoms with E-state index in [1.807, 2.05) is 24.3 Å². The maximum Gasteiger partial charge on any atom is 0.119 e. The van der Waals surface area contributed by atoms with Crippen LogP contribution >= 0.6 is 0 Å². The summed E-state index contributed by atoms with van der Waals surface area (Å²) in [6.45, 7) is 5.37. The Kier molecular flexibility index (Phi) is 7.11. The van der Waals surface area contributed by atoms with Gasteiger partial charge < -0.3 is 10.5 Å². The highest BCUT2D eigenvalue weighted by Crippen LogP contribution is 2.17. The highest BCUT2D eigenvalue weighted by Gasteiger charge is 2.09. The maximum atomic E-state index is 10.6. The average molecular weight is 264 g/mol. The van der Waals surface area contributed by atoms with Crippen LogP contribution in [0.1, 0.15) is 32.3 Å². The van der Waals surface area contributed by atoms with Gasteiger partial charge in [0.25, 0.3) is 0 Å². The normalized spacial score (nSPS) is 12.4. The molecule has 0 aliphatic carbocycles. The molecule has 0 amide bonds. The predicted octanol–water partition coefficient (Wildman–Crippen LogP) is 3.14. The lowest BCUT2D eigenvalue weighted by atomic mass is 10.0. The molecular weight excluding hydrogens is 240 g/mol. The second-order valence-corrected chi connectivity index (χ2v) is 4.84. The van der Waals surface area contributed by atoms with Crippen molar-refractivity contribution in [1.82, 2.24) is 0 Å². The number of nitrogens with zero attached hydrogens (tertiary/aromatic N) is 1. The van der Waals surface area contributed by atoms with Crippen LogP contribution in [0.2, 0.25) is 0 Å². The fourth-order valence-electron chi connectivity index (χ4n) is 1.94. The van der Waals surface area contributed by atoms with E-state index in [9.17, 15) is 4.91 Å². The molecule has 1 rings (SSSR count). The topological polar surface area (TPSA) is 64.7 Å². The summed E-state index contributed by atoms with van der Waals surface area (Å²) in [6, 6.07) is 7.47. The molecular formula is C15H24N2O2. The highest BCUT2D eigenvalue weighted by atomic mass is 16.5. The quantitative estimate of drug-likeness (QED) is 0.697. The van der Waals surface area contributed by atoms with E-state index in [0.29, 0.717) is 12.3 Å². The molecule has 19 heavy (non-hydrogen) atoms. The summed E-state index contributed by atoms with van der Waals surface area (Å²) < 4.78 is 5.80. The first-order valence-electron chi connectivity index (χ1n) is 6.97. The Balaban J connectivity index is 2.58. The summed E-state index contributed by atoms with van der Waals surface area (Å²) >= 11 is 0. The van der Waals surface area contributed by atoms with Crippen molar-refractivity contribution >= 4 is 0 Å². The summed E-state index contributed by atoms with van der Waals surface area (Å²) in [5.74, 6) is 1.45. The van der Waals surface area contributed by atoms with Gasteiger partial charge >= 0.3 is 0 Å². The lowest BCUT2D eigenvalue weighted by molar-refractivity contribution is 0.240. The molecule has 4 nitrogen and oxygen atoms in total. The third kappa shape index (κ3) is 5.39. The van der Waals surface area contributed by atoms with Gasteiger partial charge in [-0.1, -0.05) is 44.0 Å². The molecule has 0 spiro atoms. The predicted molar refractivity (Wildman–Crippen MR) is 78.4 cm³/mol. The van der Waals surface area contributed by atoms with E-state index < -0.39 is 0 Å². The monoisotopic (exact) mass is 264 g/mol. The summed E-state index contributed by atoms with van der Waals surface area (Å²) in [5.41, 5.74) is 6.52. The number of nitrogens with two attached hydrogens (primary N) is 1. The van der Waals surface area contributed by atoms with Gasteiger partial charge in [0.15, 0.2) is 0 Å². The molecule has 0 saturated carbocycles. The second kappa shape index (κ2) is 8.64. The van der Waals surface area contributed by atoms with Crippen LogP contribution in [0.25, 0.3) is 0 Å². The van der Waals surface area contributed by atoms with Crippen molar-refractivity contribution in [2.75, 3.05) is 13.2 Å². The first-order valence-corrected chi connectivity index (χ1v) is 6.97. The molecule has 0 fully saturated rings. The minimum absolute atomic E-state index is 0.280. The SMILES string of the molecule is CCC(CC)COc1cccc(C[C@@H](CN)N=O)c1. The minimum atomic E-state index is -0.353. The molecule has 0 heterocycles. The Morgan fingerprint density at radius 1 is 1.32 bits per heavy atom. The first-order chi connectivity index (χ1) is 9.23. The van der Waals surface area contributed by atoms with E-state index in [2.05, 4.69) is 19.0 Å². The van der Waals surface area contributed by atoms with Crippen LogP contribution in [0.3, 0.4) is 0 Å². The molecule has 0 aromatic heterocycles. The molecule has 0 bridgehead atoms. The molecule has 1 atom stereocenters. The molecule has 0 radical (unpaired) electrons. The van der Waals surface area contributed by atoms with Gasteiger partial charge in [-0.05, 0) is 30.0 Å². The number of rotatable bonds is 9. The fraction of sp³-hybridized carbons (Fsp3) is 0.600. The number of nitroso groups, excluding NO2 is 1. The Morgan fingerprint density at radius 2 is 2.05 bits per heavy atom. The van der Waals surface area contributed by atoms with Crippen LogP contribution < -0.4 is 10.5 Å². The van der Waals surface area contributed by atoms with E-state index in [0.717, 1.165) is 30.8 Å². The van der Waals surface area contributed by atoms with Crippen molar-refractivity contribution in [2.24, 2.45) is 16.8 Å². The average Bonchev–Trinajstić information content (AvgIpc) is 2.46. The molecule has 0 unspecified atom stereocenters. The third-order valence-corrected chi connectivity index (χ3v) is 3.43. The maximum absolute atomic E-state index is 10.6. The smallest absolute Gasteiger partial charge is 0.119 e. The fourth-order valence-corrected chi connectivity index (χ4v) is 1.94. The van der Waals surface area contributed by atoms with E-state index in [1.54, 1.807) is 0 Å². The summed E-state index contributed by atoms with van der Waals surface area (Å²) in [4.78, 5) is 10.6. The molecule has 1 aromatic rings. The highest BCUT2D eigenvalue weighted by molar-refractivity contribution is 5.29. The molecule has 106 valence electrons. The van der Waals surface area contributed by atoms with Crippen LogP contribution in [0.15, 0.2) is 29.4 Å². The van der Waals surface area contributed by atoms with Crippen molar-refractivity contribution < 1.29 is 4.74 Å². The summed E-state index contributed by atoms with van der Waals surface area (Å²) in [7, 11) is 0. The molecule has 4 heteroatoms. The second-order valence-electron chi connectivity index (χ2n) is 4.84. The molecule has 0 saturated heterocycles. The van der Waals surface area contributed by atoms with Crippen molar-refractivity contribution in [3.05, 3.63) is 34.7 Å². The van der Waals surface area contributed by atoms with Crippen LogP contribution in [-0.2, 0) is 6.42 Å². The van der Waals surface area contributed by atoms with Gasteiger partial charge in [0.1, 0.15) is 11.8 Å². The lowest BCUT2D eigenvalue weighted by Gasteiger charge is -2.14. The zero-order valence-corrected chi connectivity index (χ0v) is 11.8. The molecule has 2 N–H and O–H groups in total. The van der Waals surface area contributed by atoms with E-state index in [1.165, 1.54) is 0 Å². The number of benzene rings is 1. The van der Waals surface area contributed by atoms with Gasteiger partial charge in [0, 0.05) is 6.54 Å². The van der Waals surface area contributed by atoms with Crippen LogP contribution in [-0.4, -0.2) is 19.2 Å². The van der Waals surface area contributed by atoms with Crippen LogP contribution in [0, 0.1) is 10.8 Å². The Labute approximate surface area is 115 Å². The Morgan fingerprint density at radius 3 is 2.63 bits per heavy atom. The van der Waals surface area contributed by atoms with Crippen molar-refractivity contribution in [2.45, 2.75) is 39.2 Å². The molecule has 1 aromatic carbocycles. The minimum Gasteiger partial charge on any atom is -0.493 e. The van der Waals surface area contributed by atoms with Crippen LogP contribution in [0.5, 0.6) is 5.75 Å². The lowest BCUT2D eigenvalue weighted by Crippen LogP contribution is -2.20. The van der Waals surface area contributed by atoms with Gasteiger partial charge in [-0.2, -0.15) is 4.91 Å². The number of ether oxygens (including phenoxy) is 1. The van der Waals surface area contributed by atoms with Gasteiger partial charge in [0.2, 0.25) is 0 Å². The molecule has 0 aliphatic rings. The van der Waals surface area contributed by atoms with E-state index >= 15 is 0 Å². The van der Waals surface area contributed by atoms with Crippen LogP contribution in [0.4, 0.5) is 0 Å². The van der Waals surface area contributed by atoms with Gasteiger partial charge in [0.05, 0.1) is 6.61 Å². The number of hydrogen-bond acceptors (Lipinski definition) is 4. The third-order valence-electron chi connectivity index (χ3n) is 3.43. The summed E-state index contributed by atoms with van der Waals surface area (Å²) in [5, 5.41) is 3.02. The largest absolute Gasteiger partial charge is 0.493 e. The van der Waals surface area contributed by atoms with E-state index in [4.69, 9.17) is 10.5 Å². The van der Waals surface area contributed by atoms with Crippen molar-refractivity contribution in [3.63, 3.8) is 0 Å². The molecule has 0 aliphatic heterocycles. The van der Waals surface area contributed by atoms with Crippen molar-refractivity contribution in [3.8, 4) is 5.75 Å². The van der Waals surface area contributed by atoms with Crippen molar-refractivity contribution in [1.29, 1.82) is 0 Å². The zero-order chi connectivity index (χ0) is 14.1. The summed E-state index contributed by atoms with van der Waals surface area (Å²) in [6.07, 6.45) is 2.82. The Hall–Kier alpha value is -1.42. The zero-order valence-electron chi connectivity index (χ0n) is 11.8. The van der Waals surface area contributed by atoms with Gasteiger partial charge in [-0.3, -0.25) is 0 Å². The van der Waals surface area contributed by atoms with Gasteiger partial charge in [-0.25, -0.2) is 0 Å². The van der Waals surface area contributed by atoms with E-state index in [-0.39, 0.29) is 12.6 Å². The standard InChI is InChI=1S/C15H24N2O2/c1-3-12(4-2)11-19-15-7-5-6-13(9-15)8-14(10-16)17-18/h5-7,9,12,14H,3-4,8,10-11,16H2,1-2H3/t14-/m0/s1. The first kappa shape index (κ1) is 15.6. The Bertz CT molecular complexity index is 378. The number of hydrogen-bond donors (Lipinski definition) is 1.